The van der Waals surface area contributed by atoms with E-state index >= 15 is 0 Å². The Morgan fingerprint density at radius 3 is 2.19 bits per heavy atom. The van der Waals surface area contributed by atoms with E-state index in [0.29, 0.717) is 5.39 Å². The minimum atomic E-state index is -0.872. The van der Waals surface area contributed by atoms with Gasteiger partial charge in [0.15, 0.2) is 0 Å². The minimum absolute atomic E-state index is 0.0921. The summed E-state index contributed by atoms with van der Waals surface area (Å²) in [5.41, 5.74) is -0.799. The number of hydrogen-bond acceptors (Lipinski definition) is 6. The number of rotatable bonds is 4. The highest BCUT2D eigenvalue weighted by atomic mass is 16.6. The van der Waals surface area contributed by atoms with Crippen molar-refractivity contribution in [2.45, 2.75) is 13.8 Å². The van der Waals surface area contributed by atoms with Crippen LogP contribution in [0.25, 0.3) is 10.8 Å². The van der Waals surface area contributed by atoms with Gasteiger partial charge in [0.05, 0.1) is 18.6 Å². The van der Waals surface area contributed by atoms with Crippen LogP contribution >= 0.6 is 0 Å². The number of esters is 2. The van der Waals surface area contributed by atoms with Crippen LogP contribution in [0.3, 0.4) is 0 Å². The summed E-state index contributed by atoms with van der Waals surface area (Å²) in [6, 6.07) is 6.36. The summed E-state index contributed by atoms with van der Waals surface area (Å²) in [4.78, 5) is 35.9. The molecule has 0 saturated heterocycles. The number of fused-ring (bicyclic) bond motifs is 1. The molecule has 2 rings (SSSR count). The van der Waals surface area contributed by atoms with E-state index < -0.39 is 23.3 Å². The van der Waals surface area contributed by atoms with Crippen LogP contribution in [-0.4, -0.2) is 25.2 Å². The largest absolute Gasteiger partial charge is 0.462 e. The lowest BCUT2D eigenvalue weighted by atomic mass is 10.1. The molecule has 0 N–H and O–H groups in total. The van der Waals surface area contributed by atoms with Gasteiger partial charge in [0.25, 0.3) is 0 Å². The Balaban J connectivity index is 2.77. The molecule has 0 amide bonds. The fourth-order valence-corrected chi connectivity index (χ4v) is 1.95. The average Bonchev–Trinajstić information content (AvgIpc) is 2.47. The van der Waals surface area contributed by atoms with Crippen molar-refractivity contribution in [2.24, 2.45) is 0 Å². The van der Waals surface area contributed by atoms with E-state index in [0.717, 1.165) is 0 Å². The third-order valence-electron chi connectivity index (χ3n) is 2.78. The molecule has 1 aromatic heterocycles. The molecule has 0 fully saturated rings. The molecule has 0 aliphatic carbocycles. The molecule has 6 heteroatoms. The first kappa shape index (κ1) is 14.8. The summed E-state index contributed by atoms with van der Waals surface area (Å²) in [6.07, 6.45) is 0. The average molecular weight is 290 g/mol. The number of carbonyl (C=O) groups is 2. The van der Waals surface area contributed by atoms with Crippen molar-refractivity contribution in [2.75, 3.05) is 13.2 Å². The zero-order valence-corrected chi connectivity index (χ0v) is 11.7. The van der Waals surface area contributed by atoms with Crippen LogP contribution in [0.15, 0.2) is 33.5 Å². The molecule has 0 bridgehead atoms. The molecule has 0 unspecified atom stereocenters. The topological polar surface area (TPSA) is 82.8 Å². The summed E-state index contributed by atoms with van der Waals surface area (Å²) in [5, 5.41) is 0.504. The Hall–Kier alpha value is -2.63. The van der Waals surface area contributed by atoms with E-state index in [2.05, 4.69) is 0 Å². The fraction of sp³-hybridized carbons (Fsp3) is 0.267. The Morgan fingerprint density at radius 1 is 1.00 bits per heavy atom. The van der Waals surface area contributed by atoms with Gasteiger partial charge in [-0.1, -0.05) is 18.2 Å². The molecule has 0 atom stereocenters. The van der Waals surface area contributed by atoms with Gasteiger partial charge in [-0.05, 0) is 19.9 Å². The second kappa shape index (κ2) is 6.21. The van der Waals surface area contributed by atoms with E-state index in [9.17, 15) is 14.4 Å². The summed E-state index contributed by atoms with van der Waals surface area (Å²) in [7, 11) is 0. The van der Waals surface area contributed by atoms with Crippen molar-refractivity contribution >= 4 is 22.7 Å². The van der Waals surface area contributed by atoms with Crippen LogP contribution in [0.1, 0.15) is 34.8 Å². The van der Waals surface area contributed by atoms with Gasteiger partial charge in [0.1, 0.15) is 5.56 Å². The SMILES string of the molecule is CCOC(=O)c1oc(=O)c2ccccc2c1C(=O)OCC. The summed E-state index contributed by atoms with van der Waals surface area (Å²) in [5.74, 6) is -2.04. The molecule has 110 valence electrons. The Labute approximate surface area is 120 Å². The van der Waals surface area contributed by atoms with Gasteiger partial charge >= 0.3 is 17.6 Å². The van der Waals surface area contributed by atoms with Crippen LogP contribution < -0.4 is 5.63 Å². The minimum Gasteiger partial charge on any atom is -0.462 e. The van der Waals surface area contributed by atoms with Gasteiger partial charge in [-0.15, -0.1) is 0 Å². The molecular weight excluding hydrogens is 276 g/mol. The maximum Gasteiger partial charge on any atom is 0.375 e. The van der Waals surface area contributed by atoms with Gasteiger partial charge in [-0.25, -0.2) is 14.4 Å². The molecule has 1 aromatic carbocycles. The molecule has 0 spiro atoms. The smallest absolute Gasteiger partial charge is 0.375 e. The molecular formula is C15H14O6. The molecule has 6 nitrogen and oxygen atoms in total. The first-order chi connectivity index (χ1) is 10.1. The third kappa shape index (κ3) is 2.79. The third-order valence-corrected chi connectivity index (χ3v) is 2.78. The second-order valence-corrected chi connectivity index (χ2v) is 4.08. The van der Waals surface area contributed by atoms with E-state index in [-0.39, 0.29) is 24.2 Å². The highest BCUT2D eigenvalue weighted by Gasteiger charge is 2.26. The van der Waals surface area contributed by atoms with Crippen molar-refractivity contribution in [3.8, 4) is 0 Å². The van der Waals surface area contributed by atoms with Crippen LogP contribution in [0.5, 0.6) is 0 Å². The lowest BCUT2D eigenvalue weighted by Gasteiger charge is -2.09. The predicted molar refractivity (Wildman–Crippen MR) is 74.4 cm³/mol. The second-order valence-electron chi connectivity index (χ2n) is 4.08. The Bertz CT molecular complexity index is 743. The van der Waals surface area contributed by atoms with Crippen molar-refractivity contribution in [3.05, 3.63) is 46.0 Å². The van der Waals surface area contributed by atoms with Crippen molar-refractivity contribution in [1.82, 2.24) is 0 Å². The Morgan fingerprint density at radius 2 is 1.57 bits per heavy atom. The van der Waals surface area contributed by atoms with Crippen LogP contribution in [0.2, 0.25) is 0 Å². The monoisotopic (exact) mass is 290 g/mol. The quantitative estimate of drug-likeness (QED) is 0.802. The van der Waals surface area contributed by atoms with Gasteiger partial charge in [-0.2, -0.15) is 0 Å². The van der Waals surface area contributed by atoms with Crippen LogP contribution in [0, 0.1) is 0 Å². The number of benzene rings is 1. The zero-order chi connectivity index (χ0) is 15.4. The van der Waals surface area contributed by atoms with Crippen molar-refractivity contribution < 1.29 is 23.5 Å². The molecule has 2 aromatic rings. The van der Waals surface area contributed by atoms with E-state index in [1.54, 1.807) is 32.0 Å². The highest BCUT2D eigenvalue weighted by Crippen LogP contribution is 2.21. The van der Waals surface area contributed by atoms with Crippen LogP contribution in [0.4, 0.5) is 0 Å². The molecule has 0 radical (unpaired) electrons. The van der Waals surface area contributed by atoms with Gasteiger partial charge < -0.3 is 13.9 Å². The summed E-state index contributed by atoms with van der Waals surface area (Å²) >= 11 is 0. The molecule has 0 aliphatic heterocycles. The molecule has 0 saturated carbocycles. The van der Waals surface area contributed by atoms with Gasteiger partial charge in [0, 0.05) is 5.39 Å². The molecule has 1 heterocycles. The number of ether oxygens (including phenoxy) is 2. The maximum absolute atomic E-state index is 12.1. The molecule has 0 aliphatic rings. The van der Waals surface area contributed by atoms with E-state index in [1.807, 2.05) is 0 Å². The first-order valence-corrected chi connectivity index (χ1v) is 6.50. The standard InChI is InChI=1S/C15H14O6/c1-3-19-14(17)11-9-7-5-6-8-10(9)13(16)21-12(11)15(18)20-4-2/h5-8H,3-4H2,1-2H3. The van der Waals surface area contributed by atoms with Crippen molar-refractivity contribution in [3.63, 3.8) is 0 Å². The Kier molecular flexibility index (Phi) is 4.37. The van der Waals surface area contributed by atoms with E-state index in [1.165, 1.54) is 6.07 Å². The molecule has 21 heavy (non-hydrogen) atoms. The summed E-state index contributed by atoms with van der Waals surface area (Å²) < 4.78 is 14.7. The van der Waals surface area contributed by atoms with Gasteiger partial charge in [-0.3, -0.25) is 0 Å². The first-order valence-electron chi connectivity index (χ1n) is 6.50. The normalized spacial score (nSPS) is 10.4. The maximum atomic E-state index is 12.1. The number of carbonyl (C=O) groups excluding carboxylic acids is 2. The lowest BCUT2D eigenvalue weighted by Crippen LogP contribution is -2.18. The van der Waals surface area contributed by atoms with Crippen LogP contribution in [-0.2, 0) is 9.47 Å². The predicted octanol–water partition coefficient (Wildman–Crippen LogP) is 2.15. The highest BCUT2D eigenvalue weighted by molar-refractivity contribution is 6.10. The number of hydrogen-bond donors (Lipinski definition) is 0. The van der Waals surface area contributed by atoms with Crippen molar-refractivity contribution in [1.29, 1.82) is 0 Å². The summed E-state index contributed by atoms with van der Waals surface area (Å²) in [6.45, 7) is 3.48. The lowest BCUT2D eigenvalue weighted by molar-refractivity contribution is 0.0445. The van der Waals surface area contributed by atoms with Gasteiger partial charge in [0.2, 0.25) is 5.76 Å². The van der Waals surface area contributed by atoms with E-state index in [4.69, 9.17) is 13.9 Å². The fourth-order valence-electron chi connectivity index (χ4n) is 1.95. The zero-order valence-electron chi connectivity index (χ0n) is 11.7.